The predicted octanol–water partition coefficient (Wildman–Crippen LogP) is 3.35. The maximum Gasteiger partial charge on any atom is 0.132 e. The van der Waals surface area contributed by atoms with Crippen molar-refractivity contribution in [1.29, 1.82) is 0 Å². The van der Waals surface area contributed by atoms with Gasteiger partial charge in [-0.05, 0) is 65.0 Å². The molecule has 0 saturated carbocycles. The van der Waals surface area contributed by atoms with E-state index in [9.17, 15) is 5.11 Å². The number of phenolic OH excluding ortho intramolecular Hbond substituents is 1. The Kier molecular flexibility index (Phi) is 2.26. The first kappa shape index (κ1) is 9.31. The van der Waals surface area contributed by atoms with Gasteiger partial charge in [0, 0.05) is 0 Å². The average molecular weight is 288 g/mol. The monoisotopic (exact) mass is 288 g/mol. The molecule has 13 heavy (non-hydrogen) atoms. The van der Waals surface area contributed by atoms with Crippen molar-refractivity contribution < 1.29 is 5.11 Å². The Morgan fingerprint density at radius 2 is 2.23 bits per heavy atom. The minimum atomic E-state index is 0.480. The Bertz CT molecular complexity index is 358. The fraction of sp³-hybridized carbons (Fsp3) is 0.455. The zero-order valence-corrected chi connectivity index (χ0v) is 10.1. The molecule has 2 rings (SSSR count). The fourth-order valence-electron chi connectivity index (χ4n) is 2.04. The lowest BCUT2D eigenvalue weighted by atomic mass is 10.0. The molecule has 0 aromatic heterocycles. The molecule has 1 N–H and O–H groups in total. The molecule has 1 aliphatic rings. The van der Waals surface area contributed by atoms with Gasteiger partial charge in [-0.1, -0.05) is 13.0 Å². The number of phenols is 1. The van der Waals surface area contributed by atoms with Crippen molar-refractivity contribution in [1.82, 2.24) is 0 Å². The molecule has 0 spiro atoms. The zero-order valence-electron chi connectivity index (χ0n) is 7.89. The minimum Gasteiger partial charge on any atom is -0.507 e. The standard InChI is InChI=1S/C11H13IO/c1-6-3-4-8-9(6)5-7(2)11(13)10(8)12/h5-6,13H,3-4H2,1-2H3. The van der Waals surface area contributed by atoms with Crippen LogP contribution in [0.4, 0.5) is 0 Å². The van der Waals surface area contributed by atoms with Gasteiger partial charge in [-0.25, -0.2) is 0 Å². The number of hydrogen-bond acceptors (Lipinski definition) is 1. The summed E-state index contributed by atoms with van der Waals surface area (Å²) in [5.74, 6) is 1.15. The fourth-order valence-corrected chi connectivity index (χ4v) is 3.05. The minimum absolute atomic E-state index is 0.480. The molecule has 0 radical (unpaired) electrons. The molecule has 0 bridgehead atoms. The highest BCUT2D eigenvalue weighted by Crippen LogP contribution is 2.40. The highest BCUT2D eigenvalue weighted by atomic mass is 127. The maximum atomic E-state index is 9.75. The van der Waals surface area contributed by atoms with Crippen molar-refractivity contribution >= 4 is 22.6 Å². The van der Waals surface area contributed by atoms with Crippen molar-refractivity contribution in [3.63, 3.8) is 0 Å². The summed E-state index contributed by atoms with van der Waals surface area (Å²) in [6.07, 6.45) is 2.36. The van der Waals surface area contributed by atoms with Crippen LogP contribution in [0.1, 0.15) is 36.0 Å². The van der Waals surface area contributed by atoms with Gasteiger partial charge in [0.2, 0.25) is 0 Å². The summed E-state index contributed by atoms with van der Waals surface area (Å²) in [4.78, 5) is 0. The van der Waals surface area contributed by atoms with E-state index in [2.05, 4.69) is 35.6 Å². The van der Waals surface area contributed by atoms with Gasteiger partial charge >= 0.3 is 0 Å². The average Bonchev–Trinajstić information content (AvgIpc) is 2.45. The molecule has 0 saturated heterocycles. The lowest BCUT2D eigenvalue weighted by Crippen LogP contribution is -1.92. The number of fused-ring (bicyclic) bond motifs is 1. The first-order valence-corrected chi connectivity index (χ1v) is 5.70. The first-order valence-electron chi connectivity index (χ1n) is 4.62. The van der Waals surface area contributed by atoms with Crippen molar-refractivity contribution in [3.05, 3.63) is 26.3 Å². The van der Waals surface area contributed by atoms with Crippen LogP contribution >= 0.6 is 22.6 Å². The van der Waals surface area contributed by atoms with Crippen LogP contribution in [0.15, 0.2) is 6.07 Å². The Hall–Kier alpha value is -0.250. The van der Waals surface area contributed by atoms with Crippen molar-refractivity contribution in [3.8, 4) is 5.75 Å². The van der Waals surface area contributed by atoms with Gasteiger partial charge in [0.15, 0.2) is 0 Å². The molecule has 1 aromatic rings. The third-order valence-electron chi connectivity index (χ3n) is 2.93. The van der Waals surface area contributed by atoms with Crippen LogP contribution in [0.5, 0.6) is 5.75 Å². The van der Waals surface area contributed by atoms with E-state index in [-0.39, 0.29) is 0 Å². The van der Waals surface area contributed by atoms with E-state index in [1.54, 1.807) is 0 Å². The van der Waals surface area contributed by atoms with Crippen LogP contribution in [0.3, 0.4) is 0 Å². The molecular weight excluding hydrogens is 275 g/mol. The zero-order chi connectivity index (χ0) is 9.59. The van der Waals surface area contributed by atoms with E-state index in [0.717, 1.165) is 15.6 Å². The van der Waals surface area contributed by atoms with Crippen LogP contribution in [-0.4, -0.2) is 5.11 Å². The second-order valence-corrected chi connectivity index (χ2v) is 4.94. The van der Waals surface area contributed by atoms with Crippen LogP contribution in [0.2, 0.25) is 0 Å². The van der Waals surface area contributed by atoms with Crippen LogP contribution in [0, 0.1) is 10.5 Å². The van der Waals surface area contributed by atoms with Gasteiger partial charge in [-0.15, -0.1) is 0 Å². The Labute approximate surface area is 92.3 Å². The van der Waals surface area contributed by atoms with Crippen LogP contribution < -0.4 is 0 Å². The Balaban J connectivity index is 2.67. The van der Waals surface area contributed by atoms with Crippen molar-refractivity contribution in [2.24, 2.45) is 0 Å². The number of aromatic hydroxyl groups is 1. The van der Waals surface area contributed by atoms with Crippen LogP contribution in [-0.2, 0) is 6.42 Å². The largest absolute Gasteiger partial charge is 0.507 e. The molecule has 1 nitrogen and oxygen atoms in total. The molecule has 2 heteroatoms. The van der Waals surface area contributed by atoms with E-state index in [0.29, 0.717) is 11.7 Å². The summed E-state index contributed by atoms with van der Waals surface area (Å²) in [5, 5.41) is 9.75. The number of hydrogen-bond donors (Lipinski definition) is 1. The van der Waals surface area contributed by atoms with E-state index in [4.69, 9.17) is 0 Å². The van der Waals surface area contributed by atoms with Crippen LogP contribution in [0.25, 0.3) is 0 Å². The molecule has 1 aromatic carbocycles. The van der Waals surface area contributed by atoms with Crippen molar-refractivity contribution in [2.45, 2.75) is 32.6 Å². The number of rotatable bonds is 0. The summed E-state index contributed by atoms with van der Waals surface area (Å²) in [7, 11) is 0. The normalized spacial score (nSPS) is 20.4. The van der Waals surface area contributed by atoms with Gasteiger partial charge in [0.1, 0.15) is 5.75 Å². The highest BCUT2D eigenvalue weighted by molar-refractivity contribution is 14.1. The van der Waals surface area contributed by atoms with Gasteiger partial charge in [0.25, 0.3) is 0 Å². The molecule has 0 aliphatic heterocycles. The second-order valence-electron chi connectivity index (χ2n) is 3.86. The number of aryl methyl sites for hydroxylation is 1. The SMILES string of the molecule is Cc1cc2c(c(I)c1O)CCC2C. The number of benzene rings is 1. The molecule has 0 heterocycles. The number of halogens is 1. The summed E-state index contributed by atoms with van der Waals surface area (Å²) >= 11 is 2.26. The molecule has 70 valence electrons. The quantitative estimate of drug-likeness (QED) is 0.726. The molecule has 0 amide bonds. The van der Waals surface area contributed by atoms with Gasteiger partial charge in [-0.3, -0.25) is 0 Å². The topological polar surface area (TPSA) is 20.2 Å². The van der Waals surface area contributed by atoms with Gasteiger partial charge in [-0.2, -0.15) is 0 Å². The summed E-state index contributed by atoms with van der Waals surface area (Å²) in [6.45, 7) is 4.24. The second kappa shape index (κ2) is 3.15. The van der Waals surface area contributed by atoms with E-state index < -0.39 is 0 Å². The van der Waals surface area contributed by atoms with E-state index in [1.807, 2.05) is 6.92 Å². The summed E-state index contributed by atoms with van der Waals surface area (Å²) < 4.78 is 1.07. The lowest BCUT2D eigenvalue weighted by molar-refractivity contribution is 0.466. The van der Waals surface area contributed by atoms with E-state index in [1.165, 1.54) is 17.5 Å². The summed E-state index contributed by atoms with van der Waals surface area (Å²) in [6, 6.07) is 2.14. The maximum absolute atomic E-state index is 9.75. The molecule has 0 fully saturated rings. The highest BCUT2D eigenvalue weighted by Gasteiger charge is 2.23. The third-order valence-corrected chi connectivity index (χ3v) is 4.09. The van der Waals surface area contributed by atoms with Gasteiger partial charge < -0.3 is 5.11 Å². The lowest BCUT2D eigenvalue weighted by Gasteiger charge is -2.10. The first-order chi connectivity index (χ1) is 6.11. The molecule has 1 unspecified atom stereocenters. The van der Waals surface area contributed by atoms with Gasteiger partial charge in [0.05, 0.1) is 3.57 Å². The Morgan fingerprint density at radius 1 is 1.54 bits per heavy atom. The third kappa shape index (κ3) is 1.35. The predicted molar refractivity (Wildman–Crippen MR) is 62.3 cm³/mol. The smallest absolute Gasteiger partial charge is 0.132 e. The Morgan fingerprint density at radius 3 is 2.92 bits per heavy atom. The van der Waals surface area contributed by atoms with Crippen molar-refractivity contribution in [2.75, 3.05) is 0 Å². The molecule has 1 atom stereocenters. The molecular formula is C11H13IO. The summed E-state index contributed by atoms with van der Waals surface area (Å²) in [5.41, 5.74) is 3.83. The molecule has 1 aliphatic carbocycles. The van der Waals surface area contributed by atoms with E-state index >= 15 is 0 Å².